The van der Waals surface area contributed by atoms with Gasteiger partial charge in [-0.1, -0.05) is 6.92 Å². The van der Waals surface area contributed by atoms with Crippen LogP contribution in [-0.2, 0) is 9.53 Å². The first-order valence-corrected chi connectivity index (χ1v) is 5.86. The highest BCUT2D eigenvalue weighted by atomic mass is 16.5. The zero-order chi connectivity index (χ0) is 14.3. The number of hydrogen-bond donors (Lipinski definition) is 2. The monoisotopic (exact) mass is 264 g/mol. The highest BCUT2D eigenvalue weighted by Gasteiger charge is 2.09. The van der Waals surface area contributed by atoms with E-state index in [0.717, 1.165) is 0 Å². The van der Waals surface area contributed by atoms with E-state index >= 15 is 0 Å². The SMILES string of the molecule is CCCC(=O)NNC(=O)c1ccc(C(=O)OC)cc1. The molecule has 0 saturated carbocycles. The van der Waals surface area contributed by atoms with E-state index in [0.29, 0.717) is 24.0 Å². The van der Waals surface area contributed by atoms with Crippen LogP contribution < -0.4 is 10.9 Å². The third kappa shape index (κ3) is 4.42. The van der Waals surface area contributed by atoms with Crippen LogP contribution in [0.4, 0.5) is 0 Å². The second-order valence-corrected chi connectivity index (χ2v) is 3.82. The van der Waals surface area contributed by atoms with E-state index in [1.165, 1.54) is 31.4 Å². The van der Waals surface area contributed by atoms with Crippen LogP contribution in [-0.4, -0.2) is 24.9 Å². The van der Waals surface area contributed by atoms with Crippen LogP contribution in [0, 0.1) is 0 Å². The lowest BCUT2D eigenvalue weighted by Crippen LogP contribution is -2.41. The normalized spacial score (nSPS) is 9.58. The van der Waals surface area contributed by atoms with Gasteiger partial charge in [0.25, 0.3) is 5.91 Å². The lowest BCUT2D eigenvalue weighted by Gasteiger charge is -2.07. The average molecular weight is 264 g/mol. The fourth-order valence-corrected chi connectivity index (χ4v) is 1.36. The van der Waals surface area contributed by atoms with Crippen molar-refractivity contribution in [3.8, 4) is 0 Å². The molecule has 1 aromatic carbocycles. The molecule has 102 valence electrons. The molecule has 19 heavy (non-hydrogen) atoms. The van der Waals surface area contributed by atoms with Crippen LogP contribution in [0.15, 0.2) is 24.3 Å². The quantitative estimate of drug-likeness (QED) is 0.628. The third-order valence-corrected chi connectivity index (χ3v) is 2.36. The summed E-state index contributed by atoms with van der Waals surface area (Å²) in [7, 11) is 1.28. The van der Waals surface area contributed by atoms with Crippen LogP contribution in [0.3, 0.4) is 0 Å². The number of amides is 2. The second kappa shape index (κ2) is 7.15. The molecule has 0 aliphatic carbocycles. The molecule has 0 unspecified atom stereocenters. The molecule has 6 heteroatoms. The van der Waals surface area contributed by atoms with Gasteiger partial charge in [-0.15, -0.1) is 0 Å². The van der Waals surface area contributed by atoms with Crippen molar-refractivity contribution in [3.63, 3.8) is 0 Å². The Kier molecular flexibility index (Phi) is 5.53. The van der Waals surface area contributed by atoms with Gasteiger partial charge in [0.2, 0.25) is 5.91 Å². The topological polar surface area (TPSA) is 84.5 Å². The number of ether oxygens (including phenoxy) is 1. The molecule has 6 nitrogen and oxygen atoms in total. The summed E-state index contributed by atoms with van der Waals surface area (Å²) in [5, 5.41) is 0. The summed E-state index contributed by atoms with van der Waals surface area (Å²) in [6.07, 6.45) is 1.05. The molecule has 0 aliphatic heterocycles. The van der Waals surface area contributed by atoms with Gasteiger partial charge in [0.05, 0.1) is 12.7 Å². The summed E-state index contributed by atoms with van der Waals surface area (Å²) < 4.78 is 4.55. The Balaban J connectivity index is 2.58. The Bertz CT molecular complexity index is 468. The number of carbonyl (C=O) groups is 3. The summed E-state index contributed by atoms with van der Waals surface area (Å²) in [5.41, 5.74) is 5.28. The van der Waals surface area contributed by atoms with E-state index in [4.69, 9.17) is 0 Å². The third-order valence-electron chi connectivity index (χ3n) is 2.36. The maximum Gasteiger partial charge on any atom is 0.337 e. The molecule has 0 spiro atoms. The molecule has 0 bridgehead atoms. The smallest absolute Gasteiger partial charge is 0.337 e. The number of hydrogen-bond acceptors (Lipinski definition) is 4. The Morgan fingerprint density at radius 2 is 1.63 bits per heavy atom. The van der Waals surface area contributed by atoms with E-state index in [1.54, 1.807) is 0 Å². The molecule has 1 aromatic rings. The van der Waals surface area contributed by atoms with E-state index in [2.05, 4.69) is 15.6 Å². The fourth-order valence-electron chi connectivity index (χ4n) is 1.36. The first-order valence-electron chi connectivity index (χ1n) is 5.86. The molecular weight excluding hydrogens is 248 g/mol. The first-order chi connectivity index (χ1) is 9.08. The van der Waals surface area contributed by atoms with Crippen molar-refractivity contribution in [1.82, 2.24) is 10.9 Å². The Morgan fingerprint density at radius 3 is 2.16 bits per heavy atom. The maximum atomic E-state index is 11.7. The van der Waals surface area contributed by atoms with E-state index < -0.39 is 11.9 Å². The van der Waals surface area contributed by atoms with E-state index in [1.807, 2.05) is 6.92 Å². The number of benzene rings is 1. The van der Waals surface area contributed by atoms with Crippen LogP contribution in [0.2, 0.25) is 0 Å². The van der Waals surface area contributed by atoms with E-state index in [-0.39, 0.29) is 5.91 Å². The molecule has 0 saturated heterocycles. The molecule has 2 amide bonds. The Labute approximate surface area is 111 Å². The van der Waals surface area contributed by atoms with Crippen molar-refractivity contribution in [2.45, 2.75) is 19.8 Å². The molecule has 1 rings (SSSR count). The minimum Gasteiger partial charge on any atom is -0.465 e. The second-order valence-electron chi connectivity index (χ2n) is 3.82. The van der Waals surface area contributed by atoms with Gasteiger partial charge in [-0.05, 0) is 30.7 Å². The summed E-state index contributed by atoms with van der Waals surface area (Å²) >= 11 is 0. The van der Waals surface area contributed by atoms with Crippen LogP contribution >= 0.6 is 0 Å². The summed E-state index contributed by atoms with van der Waals surface area (Å²) in [6.45, 7) is 1.87. The Hall–Kier alpha value is -2.37. The van der Waals surface area contributed by atoms with Crippen LogP contribution in [0.1, 0.15) is 40.5 Å². The van der Waals surface area contributed by atoms with Crippen LogP contribution in [0.25, 0.3) is 0 Å². The number of methoxy groups -OCH3 is 1. The highest BCUT2D eigenvalue weighted by molar-refractivity contribution is 5.97. The van der Waals surface area contributed by atoms with Gasteiger partial charge in [0.1, 0.15) is 0 Å². The molecular formula is C13H16N2O4. The fraction of sp³-hybridized carbons (Fsp3) is 0.308. The zero-order valence-electron chi connectivity index (χ0n) is 10.9. The van der Waals surface area contributed by atoms with E-state index in [9.17, 15) is 14.4 Å². The predicted molar refractivity (Wildman–Crippen MR) is 68.3 cm³/mol. The minimum absolute atomic E-state index is 0.248. The average Bonchev–Trinajstić information content (AvgIpc) is 2.44. The van der Waals surface area contributed by atoms with Gasteiger partial charge < -0.3 is 4.74 Å². The van der Waals surface area contributed by atoms with Crippen molar-refractivity contribution in [1.29, 1.82) is 0 Å². The van der Waals surface area contributed by atoms with Crippen molar-refractivity contribution in [2.24, 2.45) is 0 Å². The van der Waals surface area contributed by atoms with Crippen molar-refractivity contribution < 1.29 is 19.1 Å². The number of rotatable bonds is 4. The van der Waals surface area contributed by atoms with Gasteiger partial charge >= 0.3 is 5.97 Å². The highest BCUT2D eigenvalue weighted by Crippen LogP contribution is 2.05. The van der Waals surface area contributed by atoms with Gasteiger partial charge in [-0.2, -0.15) is 0 Å². The van der Waals surface area contributed by atoms with Crippen molar-refractivity contribution in [3.05, 3.63) is 35.4 Å². The lowest BCUT2D eigenvalue weighted by molar-refractivity contribution is -0.121. The zero-order valence-corrected chi connectivity index (χ0v) is 10.9. The molecule has 0 atom stereocenters. The number of nitrogens with one attached hydrogen (secondary N) is 2. The lowest BCUT2D eigenvalue weighted by atomic mass is 10.1. The Morgan fingerprint density at radius 1 is 1.05 bits per heavy atom. The summed E-state index contributed by atoms with van der Waals surface area (Å²) in [4.78, 5) is 34.0. The first kappa shape index (κ1) is 14.7. The summed E-state index contributed by atoms with van der Waals surface area (Å²) in [6, 6.07) is 5.92. The number of carbonyl (C=O) groups excluding carboxylic acids is 3. The minimum atomic E-state index is -0.469. The van der Waals surface area contributed by atoms with Crippen molar-refractivity contribution >= 4 is 17.8 Å². The molecule has 0 aliphatic rings. The van der Waals surface area contributed by atoms with Crippen molar-refractivity contribution in [2.75, 3.05) is 7.11 Å². The number of hydrazine groups is 1. The maximum absolute atomic E-state index is 11.7. The predicted octanol–water partition coefficient (Wildman–Crippen LogP) is 1.03. The van der Waals surface area contributed by atoms with Gasteiger partial charge in [-0.3, -0.25) is 20.4 Å². The number of esters is 1. The van der Waals surface area contributed by atoms with Gasteiger partial charge in [-0.25, -0.2) is 4.79 Å². The molecule has 0 fully saturated rings. The van der Waals surface area contributed by atoms with Gasteiger partial charge in [0, 0.05) is 12.0 Å². The molecule has 0 aromatic heterocycles. The standard InChI is InChI=1S/C13H16N2O4/c1-3-4-11(16)14-15-12(17)9-5-7-10(8-6-9)13(18)19-2/h5-8H,3-4H2,1-2H3,(H,14,16)(H,15,17). The largest absolute Gasteiger partial charge is 0.465 e. The summed E-state index contributed by atoms with van der Waals surface area (Å²) in [5.74, 6) is -1.16. The van der Waals surface area contributed by atoms with Crippen LogP contribution in [0.5, 0.6) is 0 Å². The molecule has 0 radical (unpaired) electrons. The van der Waals surface area contributed by atoms with Gasteiger partial charge in [0.15, 0.2) is 0 Å². The molecule has 2 N–H and O–H groups in total. The molecule has 0 heterocycles.